The summed E-state index contributed by atoms with van der Waals surface area (Å²) in [7, 11) is 0. The Hall–Kier alpha value is -3.00. The molecule has 3 atom stereocenters. The number of anilines is 2. The largest absolute Gasteiger partial charge is 0.463 e. The number of aliphatic hydroxyl groups excluding tert-OH is 1. The van der Waals surface area contributed by atoms with Gasteiger partial charge in [-0.1, -0.05) is 11.6 Å². The fraction of sp³-hybridized carbons (Fsp3) is 0.567. The predicted molar refractivity (Wildman–Crippen MR) is 158 cm³/mol. The number of likely N-dealkylation sites (tertiary alicyclic amines) is 1. The van der Waals surface area contributed by atoms with Gasteiger partial charge < -0.3 is 25.8 Å². The number of hydrogen-bond acceptors (Lipinski definition) is 9. The number of ether oxygens (including phenoxy) is 1. The average Bonchev–Trinajstić information content (AvgIpc) is 3.46. The Kier molecular flexibility index (Phi) is 7.30. The molecular formula is C30H34ClF4N7O2. The number of aromatic nitrogens is 3. The Morgan fingerprint density at radius 1 is 1.11 bits per heavy atom. The molecular weight excluding hydrogens is 602 g/mol. The standard InChI is InChI=1S/C30H34ClF4N7O2/c1-15-8-21(36)38-26(23(15)30(33,34)35)22-20(31)9-19-25(24(22)32)39-28(40-27(19)42-10-16-2-3-17(11-42)37-16)44-14-29(5-6-29)13-41-7-4-18(43)12-41/h8-9,16-18,37,43H,2-7,10-14H2,1H3,(H2,36,38)/t16-,17-,18-/m0/s1. The Bertz CT molecular complexity index is 1610. The number of nitrogen functional groups attached to an aromatic ring is 1. The number of β-amino-alcohol motifs (C(OH)–C–C–N with tert-alkyl or cyclic N) is 1. The highest BCUT2D eigenvalue weighted by atomic mass is 35.5. The molecule has 14 heteroatoms. The van der Waals surface area contributed by atoms with E-state index in [1.807, 2.05) is 4.90 Å². The fourth-order valence-electron chi connectivity index (χ4n) is 7.06. The molecule has 0 radical (unpaired) electrons. The van der Waals surface area contributed by atoms with E-state index in [1.54, 1.807) is 0 Å². The maximum atomic E-state index is 16.6. The van der Waals surface area contributed by atoms with Gasteiger partial charge in [-0.15, -0.1) is 0 Å². The molecule has 3 aliphatic heterocycles. The molecule has 0 unspecified atom stereocenters. The van der Waals surface area contributed by atoms with Gasteiger partial charge in [0.15, 0.2) is 5.82 Å². The van der Waals surface area contributed by atoms with Crippen molar-refractivity contribution in [2.45, 2.75) is 63.4 Å². The molecule has 236 valence electrons. The number of piperazine rings is 1. The van der Waals surface area contributed by atoms with Gasteiger partial charge in [0.25, 0.3) is 0 Å². The Balaban J connectivity index is 1.32. The summed E-state index contributed by atoms with van der Waals surface area (Å²) in [5.74, 6) is -0.810. The number of hydrogen-bond donors (Lipinski definition) is 3. The van der Waals surface area contributed by atoms with Crippen molar-refractivity contribution in [2.24, 2.45) is 5.41 Å². The normalized spacial score (nSPS) is 24.8. The van der Waals surface area contributed by atoms with E-state index in [9.17, 15) is 18.3 Å². The van der Waals surface area contributed by atoms with E-state index in [2.05, 4.69) is 20.2 Å². The number of pyridine rings is 1. The van der Waals surface area contributed by atoms with Gasteiger partial charge in [0, 0.05) is 55.6 Å². The van der Waals surface area contributed by atoms with Crippen LogP contribution in [0.25, 0.3) is 22.2 Å². The molecule has 3 aromatic rings. The minimum Gasteiger partial charge on any atom is -0.463 e. The van der Waals surface area contributed by atoms with Crippen molar-refractivity contribution in [3.8, 4) is 17.3 Å². The summed E-state index contributed by atoms with van der Waals surface area (Å²) < 4.78 is 65.4. The maximum absolute atomic E-state index is 16.6. The van der Waals surface area contributed by atoms with Gasteiger partial charge in [0.2, 0.25) is 0 Å². The third kappa shape index (κ3) is 5.52. The second-order valence-corrected chi connectivity index (χ2v) is 13.3. The molecule has 4 N–H and O–H groups in total. The zero-order chi connectivity index (χ0) is 31.0. The number of halogens is 5. The quantitative estimate of drug-likeness (QED) is 0.322. The summed E-state index contributed by atoms with van der Waals surface area (Å²) in [5.41, 5.74) is 3.00. The molecule has 3 saturated heterocycles. The molecule has 2 bridgehead atoms. The van der Waals surface area contributed by atoms with E-state index in [-0.39, 0.29) is 56.9 Å². The van der Waals surface area contributed by atoms with Crippen LogP contribution in [0.1, 0.15) is 43.2 Å². The van der Waals surface area contributed by atoms with E-state index in [4.69, 9.17) is 27.1 Å². The number of aliphatic hydroxyl groups is 1. The van der Waals surface area contributed by atoms with Crippen LogP contribution in [0.15, 0.2) is 12.1 Å². The molecule has 2 aromatic heterocycles. The zero-order valence-electron chi connectivity index (χ0n) is 24.2. The molecule has 1 saturated carbocycles. The van der Waals surface area contributed by atoms with Crippen LogP contribution in [-0.2, 0) is 6.18 Å². The van der Waals surface area contributed by atoms with E-state index in [1.165, 1.54) is 13.0 Å². The number of nitrogens with two attached hydrogens (primary N) is 1. The van der Waals surface area contributed by atoms with Crippen LogP contribution in [0.2, 0.25) is 5.02 Å². The fourth-order valence-corrected chi connectivity index (χ4v) is 7.34. The first-order chi connectivity index (χ1) is 20.9. The average molecular weight is 636 g/mol. The summed E-state index contributed by atoms with van der Waals surface area (Å²) in [6.07, 6.45) is -0.538. The Morgan fingerprint density at radius 3 is 2.48 bits per heavy atom. The summed E-state index contributed by atoms with van der Waals surface area (Å²) in [6.45, 7) is 5.00. The van der Waals surface area contributed by atoms with Gasteiger partial charge in [0.05, 0.1) is 34.6 Å². The molecule has 1 aromatic carbocycles. The zero-order valence-corrected chi connectivity index (χ0v) is 25.0. The highest BCUT2D eigenvalue weighted by Gasteiger charge is 2.46. The topological polar surface area (TPSA) is 113 Å². The summed E-state index contributed by atoms with van der Waals surface area (Å²) in [5, 5.41) is 13.5. The van der Waals surface area contributed by atoms with Crippen molar-refractivity contribution < 1.29 is 27.4 Å². The first-order valence-electron chi connectivity index (χ1n) is 15.0. The Morgan fingerprint density at radius 2 is 1.84 bits per heavy atom. The van der Waals surface area contributed by atoms with E-state index < -0.39 is 28.8 Å². The molecule has 0 spiro atoms. The first kappa shape index (κ1) is 29.7. The third-order valence-electron chi connectivity index (χ3n) is 9.39. The van der Waals surface area contributed by atoms with Crippen molar-refractivity contribution >= 4 is 34.1 Å². The minimum absolute atomic E-state index is 0.0500. The van der Waals surface area contributed by atoms with Gasteiger partial charge >= 0.3 is 12.2 Å². The highest BCUT2D eigenvalue weighted by Crippen LogP contribution is 2.48. The first-order valence-corrected chi connectivity index (χ1v) is 15.4. The molecule has 7 rings (SSSR count). The van der Waals surface area contributed by atoms with Crippen molar-refractivity contribution in [2.75, 3.05) is 50.0 Å². The monoisotopic (exact) mass is 635 g/mol. The van der Waals surface area contributed by atoms with Crippen molar-refractivity contribution in [1.29, 1.82) is 0 Å². The predicted octanol–water partition coefficient (Wildman–Crippen LogP) is 4.56. The number of nitrogens with one attached hydrogen (secondary N) is 1. The lowest BCUT2D eigenvalue weighted by molar-refractivity contribution is -0.137. The molecule has 9 nitrogen and oxygen atoms in total. The van der Waals surface area contributed by atoms with E-state index in [0.717, 1.165) is 51.3 Å². The minimum atomic E-state index is -4.83. The van der Waals surface area contributed by atoms with Crippen LogP contribution >= 0.6 is 11.6 Å². The molecule has 0 amide bonds. The van der Waals surface area contributed by atoms with Crippen LogP contribution in [-0.4, -0.2) is 82.5 Å². The molecule has 4 fully saturated rings. The molecule has 1 aliphatic carbocycles. The third-order valence-corrected chi connectivity index (χ3v) is 9.68. The SMILES string of the molecule is Cc1cc(N)nc(-c2c(Cl)cc3c(N4C[C@@H]5CC[C@@H](C4)N5)nc(OCC4(CN5CC[C@H](O)C5)CC4)nc3c2F)c1C(F)(F)F. The van der Waals surface area contributed by atoms with Gasteiger partial charge in [0.1, 0.15) is 17.2 Å². The summed E-state index contributed by atoms with van der Waals surface area (Å²) in [4.78, 5) is 17.3. The van der Waals surface area contributed by atoms with Crippen molar-refractivity contribution in [1.82, 2.24) is 25.2 Å². The second kappa shape index (κ2) is 10.8. The smallest absolute Gasteiger partial charge is 0.418 e. The summed E-state index contributed by atoms with van der Waals surface area (Å²) >= 11 is 6.58. The van der Waals surface area contributed by atoms with Crippen LogP contribution in [0.5, 0.6) is 6.01 Å². The number of fused-ring (bicyclic) bond motifs is 3. The highest BCUT2D eigenvalue weighted by molar-refractivity contribution is 6.34. The number of benzene rings is 1. The van der Waals surface area contributed by atoms with Crippen LogP contribution in [0, 0.1) is 18.2 Å². The lowest BCUT2D eigenvalue weighted by Gasteiger charge is -2.34. The van der Waals surface area contributed by atoms with Gasteiger partial charge in [-0.3, -0.25) is 4.90 Å². The summed E-state index contributed by atoms with van der Waals surface area (Å²) in [6, 6.07) is 2.94. The number of nitrogens with zero attached hydrogens (tertiary/aromatic N) is 5. The van der Waals surface area contributed by atoms with Gasteiger partial charge in [-0.25, -0.2) is 9.37 Å². The van der Waals surface area contributed by atoms with Crippen LogP contribution in [0.4, 0.5) is 29.2 Å². The van der Waals surface area contributed by atoms with Crippen molar-refractivity contribution in [3.63, 3.8) is 0 Å². The van der Waals surface area contributed by atoms with Gasteiger partial charge in [-0.05, 0) is 56.7 Å². The number of alkyl halides is 3. The molecule has 5 heterocycles. The van der Waals surface area contributed by atoms with Gasteiger partial charge in [-0.2, -0.15) is 23.1 Å². The van der Waals surface area contributed by atoms with Crippen LogP contribution in [0.3, 0.4) is 0 Å². The second-order valence-electron chi connectivity index (χ2n) is 12.9. The lowest BCUT2D eigenvalue weighted by Crippen LogP contribution is -2.51. The molecule has 44 heavy (non-hydrogen) atoms. The molecule has 4 aliphatic rings. The lowest BCUT2D eigenvalue weighted by atomic mass is 9.99. The Labute approximate surface area is 256 Å². The number of rotatable bonds is 7. The maximum Gasteiger partial charge on any atom is 0.418 e. The van der Waals surface area contributed by atoms with Crippen LogP contribution < -0.4 is 20.7 Å². The van der Waals surface area contributed by atoms with Crippen molar-refractivity contribution in [3.05, 3.63) is 34.1 Å². The van der Waals surface area contributed by atoms with E-state index >= 15 is 4.39 Å². The number of aryl methyl sites for hydroxylation is 1. The van der Waals surface area contributed by atoms with E-state index in [0.29, 0.717) is 32.1 Å².